The van der Waals surface area contributed by atoms with Gasteiger partial charge in [-0.15, -0.1) is 0 Å². The monoisotopic (exact) mass is 485 g/mol. The summed E-state index contributed by atoms with van der Waals surface area (Å²) in [4.78, 5) is 17.1. The van der Waals surface area contributed by atoms with E-state index in [-0.39, 0.29) is 16.7 Å². The van der Waals surface area contributed by atoms with E-state index < -0.39 is 5.91 Å². The van der Waals surface area contributed by atoms with Crippen LogP contribution in [0, 0.1) is 19.7 Å². The molecule has 8 heteroatoms. The van der Waals surface area contributed by atoms with Crippen molar-refractivity contribution >= 4 is 40.0 Å². The minimum absolute atomic E-state index is 0.112. The summed E-state index contributed by atoms with van der Waals surface area (Å²) in [7, 11) is 0. The van der Waals surface area contributed by atoms with Crippen LogP contribution in [0.15, 0.2) is 81.6 Å². The predicted molar refractivity (Wildman–Crippen MR) is 137 cm³/mol. The molecular formula is C27H20FN3O3S. The van der Waals surface area contributed by atoms with Crippen molar-refractivity contribution in [1.29, 1.82) is 0 Å². The molecule has 0 aliphatic rings. The first-order chi connectivity index (χ1) is 16.9. The third-order valence-corrected chi connectivity index (χ3v) is 5.79. The minimum atomic E-state index is -0.460. The van der Waals surface area contributed by atoms with Crippen molar-refractivity contribution < 1.29 is 18.0 Å². The average Bonchev–Trinajstić information content (AvgIpc) is 3.49. The molecule has 0 atom stereocenters. The molecule has 0 radical (unpaired) electrons. The highest BCUT2D eigenvalue weighted by Gasteiger charge is 2.15. The lowest BCUT2D eigenvalue weighted by Gasteiger charge is -2.08. The number of benzene rings is 3. The number of nitrogens with one attached hydrogen (secondary N) is 2. The molecule has 0 aliphatic carbocycles. The Morgan fingerprint density at radius 3 is 2.43 bits per heavy atom. The van der Waals surface area contributed by atoms with E-state index in [4.69, 9.17) is 21.1 Å². The van der Waals surface area contributed by atoms with Gasteiger partial charge < -0.3 is 14.2 Å². The minimum Gasteiger partial charge on any atom is -0.451 e. The number of furan rings is 1. The lowest BCUT2D eigenvalue weighted by Crippen LogP contribution is -2.33. The van der Waals surface area contributed by atoms with Gasteiger partial charge >= 0.3 is 0 Å². The van der Waals surface area contributed by atoms with Crippen LogP contribution in [0.25, 0.3) is 33.9 Å². The highest BCUT2D eigenvalue weighted by atomic mass is 32.1. The van der Waals surface area contributed by atoms with E-state index in [0.29, 0.717) is 34.0 Å². The van der Waals surface area contributed by atoms with Crippen LogP contribution >= 0.6 is 12.2 Å². The molecule has 5 rings (SSSR count). The van der Waals surface area contributed by atoms with Gasteiger partial charge in [0.2, 0.25) is 5.89 Å². The smallest absolute Gasteiger partial charge is 0.293 e. The van der Waals surface area contributed by atoms with Gasteiger partial charge in [0.25, 0.3) is 5.91 Å². The average molecular weight is 486 g/mol. The number of fused-ring (bicyclic) bond motifs is 1. The van der Waals surface area contributed by atoms with Crippen LogP contribution in [-0.4, -0.2) is 16.0 Å². The van der Waals surface area contributed by atoms with Gasteiger partial charge in [0.05, 0.1) is 0 Å². The first kappa shape index (κ1) is 22.5. The number of nitrogens with zero attached hydrogens (tertiary/aromatic N) is 1. The Morgan fingerprint density at radius 2 is 1.66 bits per heavy atom. The van der Waals surface area contributed by atoms with Crippen molar-refractivity contribution in [3.8, 4) is 22.8 Å². The molecule has 0 bridgehead atoms. The van der Waals surface area contributed by atoms with Gasteiger partial charge in [-0.1, -0.05) is 12.1 Å². The topological polar surface area (TPSA) is 80.3 Å². The third kappa shape index (κ3) is 4.83. The lowest BCUT2D eigenvalue weighted by atomic mass is 10.1. The summed E-state index contributed by atoms with van der Waals surface area (Å²) in [6.07, 6.45) is 0. The fourth-order valence-electron chi connectivity index (χ4n) is 3.56. The lowest BCUT2D eigenvalue weighted by molar-refractivity contribution is 0.0951. The summed E-state index contributed by atoms with van der Waals surface area (Å²) in [5.74, 6) is 0.343. The van der Waals surface area contributed by atoms with Crippen molar-refractivity contribution in [2.45, 2.75) is 13.8 Å². The number of thiocarbonyl (C=S) groups is 1. The van der Waals surface area contributed by atoms with Crippen molar-refractivity contribution in [2.75, 3.05) is 5.32 Å². The molecule has 2 heterocycles. The Bertz CT molecular complexity index is 1570. The number of carbonyl (C=O) groups is 1. The maximum absolute atomic E-state index is 13.2. The molecule has 0 unspecified atom stereocenters. The Kier molecular flexibility index (Phi) is 5.88. The molecule has 35 heavy (non-hydrogen) atoms. The van der Waals surface area contributed by atoms with Gasteiger partial charge in [-0.05, 0) is 97.9 Å². The van der Waals surface area contributed by atoms with Crippen LogP contribution in [0.2, 0.25) is 0 Å². The Balaban J connectivity index is 1.26. The molecule has 0 spiro atoms. The van der Waals surface area contributed by atoms with Crippen LogP contribution in [0.4, 0.5) is 10.1 Å². The number of carbonyl (C=O) groups excluding carboxylic acids is 1. The number of amides is 1. The van der Waals surface area contributed by atoms with Crippen molar-refractivity contribution in [2.24, 2.45) is 0 Å². The SMILES string of the molecule is Cc1ccc(-c2ccc(C(=O)NC(=S)Nc3ccc4oc(-c5ccc(F)cc5)nc4c3)o2)cc1C. The first-order valence-corrected chi connectivity index (χ1v) is 11.2. The van der Waals surface area contributed by atoms with Gasteiger partial charge in [0, 0.05) is 16.8 Å². The first-order valence-electron chi connectivity index (χ1n) is 10.8. The number of aromatic nitrogens is 1. The highest BCUT2D eigenvalue weighted by molar-refractivity contribution is 7.80. The second-order valence-corrected chi connectivity index (χ2v) is 8.49. The summed E-state index contributed by atoms with van der Waals surface area (Å²) in [6, 6.07) is 20.5. The van der Waals surface area contributed by atoms with Gasteiger partial charge in [-0.3, -0.25) is 10.1 Å². The standard InChI is InChI=1S/C27H20FN3O3S/c1-15-3-4-18(13-16(15)2)22-11-12-24(33-22)25(32)31-27(35)29-20-9-10-23-21(14-20)30-26(34-23)17-5-7-19(28)8-6-17/h3-14H,1-2H3,(H2,29,31,32,35). The quantitative estimate of drug-likeness (QED) is 0.278. The van der Waals surface area contributed by atoms with Gasteiger partial charge in [0.15, 0.2) is 16.5 Å². The van der Waals surface area contributed by atoms with E-state index in [1.54, 1.807) is 42.5 Å². The molecule has 0 saturated heterocycles. The third-order valence-electron chi connectivity index (χ3n) is 5.58. The largest absolute Gasteiger partial charge is 0.451 e. The molecule has 2 aromatic heterocycles. The molecule has 3 aromatic carbocycles. The van der Waals surface area contributed by atoms with E-state index in [0.717, 1.165) is 11.1 Å². The zero-order valence-corrected chi connectivity index (χ0v) is 19.7. The molecule has 5 aromatic rings. The van der Waals surface area contributed by atoms with E-state index in [2.05, 4.69) is 15.6 Å². The zero-order chi connectivity index (χ0) is 24.5. The van der Waals surface area contributed by atoms with Gasteiger partial charge in [-0.2, -0.15) is 0 Å². The maximum atomic E-state index is 13.2. The molecule has 6 nitrogen and oxygen atoms in total. The normalized spacial score (nSPS) is 10.9. The van der Waals surface area contributed by atoms with Crippen LogP contribution in [0.1, 0.15) is 21.7 Å². The highest BCUT2D eigenvalue weighted by Crippen LogP contribution is 2.27. The van der Waals surface area contributed by atoms with Crippen LogP contribution < -0.4 is 10.6 Å². The van der Waals surface area contributed by atoms with Crippen molar-refractivity contribution in [1.82, 2.24) is 10.3 Å². The number of rotatable bonds is 4. The second-order valence-electron chi connectivity index (χ2n) is 8.08. The fourth-order valence-corrected chi connectivity index (χ4v) is 3.77. The van der Waals surface area contributed by atoms with Gasteiger partial charge in [-0.25, -0.2) is 9.37 Å². The van der Waals surface area contributed by atoms with Crippen LogP contribution in [0.3, 0.4) is 0 Å². The molecule has 174 valence electrons. The summed E-state index contributed by atoms with van der Waals surface area (Å²) >= 11 is 5.30. The number of hydrogen-bond acceptors (Lipinski definition) is 5. The number of aryl methyl sites for hydroxylation is 2. The van der Waals surface area contributed by atoms with Crippen LogP contribution in [0.5, 0.6) is 0 Å². The Hall–Kier alpha value is -4.30. The fraction of sp³-hybridized carbons (Fsp3) is 0.0741. The predicted octanol–water partition coefficient (Wildman–Crippen LogP) is 6.64. The van der Waals surface area contributed by atoms with E-state index in [9.17, 15) is 9.18 Å². The molecular weight excluding hydrogens is 465 g/mol. The summed E-state index contributed by atoms with van der Waals surface area (Å²) in [6.45, 7) is 4.07. The van der Waals surface area contributed by atoms with Crippen molar-refractivity contribution in [3.63, 3.8) is 0 Å². The molecule has 0 aliphatic heterocycles. The van der Waals surface area contributed by atoms with Crippen molar-refractivity contribution in [3.05, 3.63) is 95.5 Å². The maximum Gasteiger partial charge on any atom is 0.293 e. The number of hydrogen-bond donors (Lipinski definition) is 2. The van der Waals surface area contributed by atoms with Gasteiger partial charge in [0.1, 0.15) is 17.1 Å². The van der Waals surface area contributed by atoms with E-state index in [1.807, 2.05) is 32.0 Å². The number of oxazole rings is 1. The van der Waals surface area contributed by atoms with Crippen LogP contribution in [-0.2, 0) is 0 Å². The number of halogens is 1. The summed E-state index contributed by atoms with van der Waals surface area (Å²) in [5.41, 5.74) is 5.67. The molecule has 1 amide bonds. The van der Waals surface area contributed by atoms with E-state index in [1.165, 1.54) is 17.7 Å². The molecule has 2 N–H and O–H groups in total. The molecule has 0 fully saturated rings. The second kappa shape index (κ2) is 9.15. The Morgan fingerprint density at radius 1 is 0.886 bits per heavy atom. The zero-order valence-electron chi connectivity index (χ0n) is 18.9. The molecule has 0 saturated carbocycles. The summed E-state index contributed by atoms with van der Waals surface area (Å²) < 4.78 is 24.7. The summed E-state index contributed by atoms with van der Waals surface area (Å²) in [5, 5.41) is 5.70. The van der Waals surface area contributed by atoms with E-state index >= 15 is 0 Å². The Labute approximate surface area is 205 Å². The number of anilines is 1.